The van der Waals surface area contributed by atoms with Gasteiger partial charge in [-0.3, -0.25) is 9.59 Å². The van der Waals surface area contributed by atoms with Crippen molar-refractivity contribution >= 4 is 35.0 Å². The molecule has 0 saturated heterocycles. The van der Waals surface area contributed by atoms with Crippen LogP contribution in [0.1, 0.15) is 22.3 Å². The van der Waals surface area contributed by atoms with Crippen LogP contribution in [0.2, 0.25) is 0 Å². The smallest absolute Gasteiger partial charge is 0.255 e. The summed E-state index contributed by atoms with van der Waals surface area (Å²) in [6.07, 6.45) is 0.460. The summed E-state index contributed by atoms with van der Waals surface area (Å²) >= 11 is 1.59. The van der Waals surface area contributed by atoms with Gasteiger partial charge in [0.05, 0.1) is 17.3 Å². The topological polar surface area (TPSA) is 82.0 Å². The molecule has 5 nitrogen and oxygen atoms in total. The van der Waals surface area contributed by atoms with E-state index in [4.69, 9.17) is 5.26 Å². The Labute approximate surface area is 137 Å². The summed E-state index contributed by atoms with van der Waals surface area (Å²) in [6, 6.07) is 14.0. The number of thioether (sulfide) groups is 1. The fraction of sp³-hybridized carbons (Fsp3) is 0.118. The summed E-state index contributed by atoms with van der Waals surface area (Å²) in [5.74, 6) is 0.396. The number of fused-ring (bicyclic) bond motifs is 1. The Morgan fingerprint density at radius 2 is 2.13 bits per heavy atom. The van der Waals surface area contributed by atoms with E-state index in [1.165, 1.54) is 0 Å². The highest BCUT2D eigenvalue weighted by Gasteiger charge is 2.16. The Kier molecular flexibility index (Phi) is 4.31. The van der Waals surface area contributed by atoms with E-state index in [0.29, 0.717) is 28.9 Å². The molecule has 1 aliphatic heterocycles. The standard InChI is InChI=1S/C17H13N3O2S/c18-10-11-2-1-3-13(8-11)19-17(22)12-4-5-15-14(9-12)20-16(21)6-7-23-15/h1-5,8-9H,6-7H2,(H,19,22)(H,20,21). The third-order valence-corrected chi connectivity index (χ3v) is 4.43. The van der Waals surface area contributed by atoms with Gasteiger partial charge in [-0.15, -0.1) is 11.8 Å². The van der Waals surface area contributed by atoms with Crippen molar-refractivity contribution in [1.82, 2.24) is 0 Å². The van der Waals surface area contributed by atoms with E-state index >= 15 is 0 Å². The second kappa shape index (κ2) is 6.55. The molecule has 0 fully saturated rings. The normalized spacial score (nSPS) is 13.3. The number of nitriles is 1. The molecule has 0 aliphatic carbocycles. The number of anilines is 2. The van der Waals surface area contributed by atoms with Crippen molar-refractivity contribution in [2.75, 3.05) is 16.4 Å². The van der Waals surface area contributed by atoms with E-state index in [1.54, 1.807) is 48.2 Å². The summed E-state index contributed by atoms with van der Waals surface area (Å²) in [5.41, 5.74) is 2.15. The molecular formula is C17H13N3O2S. The first-order chi connectivity index (χ1) is 11.2. The van der Waals surface area contributed by atoms with Crippen LogP contribution in [0.5, 0.6) is 0 Å². The number of carbonyl (C=O) groups is 2. The highest BCUT2D eigenvalue weighted by Crippen LogP contribution is 2.31. The SMILES string of the molecule is N#Cc1cccc(NC(=O)c2ccc3c(c2)NC(=O)CCS3)c1. The number of amides is 2. The molecule has 1 aliphatic rings. The molecule has 2 aromatic rings. The molecule has 0 atom stereocenters. The number of hydrogen-bond donors (Lipinski definition) is 2. The van der Waals surface area contributed by atoms with Crippen molar-refractivity contribution in [3.8, 4) is 6.07 Å². The summed E-state index contributed by atoms with van der Waals surface area (Å²) < 4.78 is 0. The minimum Gasteiger partial charge on any atom is -0.325 e. The molecule has 0 spiro atoms. The Morgan fingerprint density at radius 1 is 1.26 bits per heavy atom. The van der Waals surface area contributed by atoms with E-state index in [0.717, 1.165) is 10.6 Å². The first kappa shape index (κ1) is 15.1. The van der Waals surface area contributed by atoms with Gasteiger partial charge in [-0.25, -0.2) is 0 Å². The molecule has 2 aromatic carbocycles. The summed E-state index contributed by atoms with van der Waals surface area (Å²) in [5, 5.41) is 14.5. The molecule has 0 radical (unpaired) electrons. The average molecular weight is 323 g/mol. The van der Waals surface area contributed by atoms with Crippen molar-refractivity contribution < 1.29 is 9.59 Å². The van der Waals surface area contributed by atoms with Gasteiger partial charge in [0.15, 0.2) is 0 Å². The number of nitrogens with zero attached hydrogens (tertiary/aromatic N) is 1. The monoisotopic (exact) mass is 323 g/mol. The van der Waals surface area contributed by atoms with Gasteiger partial charge in [-0.1, -0.05) is 6.07 Å². The Balaban J connectivity index is 1.82. The minimum atomic E-state index is -0.286. The Hall–Kier alpha value is -2.78. The van der Waals surface area contributed by atoms with Gasteiger partial charge in [-0.2, -0.15) is 5.26 Å². The van der Waals surface area contributed by atoms with Crippen LogP contribution in [-0.2, 0) is 4.79 Å². The maximum atomic E-state index is 12.4. The molecule has 0 unspecified atom stereocenters. The van der Waals surface area contributed by atoms with Crippen LogP contribution in [0.25, 0.3) is 0 Å². The van der Waals surface area contributed by atoms with Gasteiger partial charge in [-0.05, 0) is 36.4 Å². The maximum absolute atomic E-state index is 12.4. The number of rotatable bonds is 2. The quantitative estimate of drug-likeness (QED) is 0.889. The van der Waals surface area contributed by atoms with E-state index < -0.39 is 0 Å². The number of nitrogens with one attached hydrogen (secondary N) is 2. The predicted octanol–water partition coefficient (Wildman–Crippen LogP) is 3.24. The predicted molar refractivity (Wildman–Crippen MR) is 89.5 cm³/mol. The van der Waals surface area contributed by atoms with Crippen LogP contribution in [0.15, 0.2) is 47.4 Å². The van der Waals surface area contributed by atoms with Gasteiger partial charge in [0.1, 0.15) is 0 Å². The average Bonchev–Trinajstić information content (AvgIpc) is 2.74. The number of benzene rings is 2. The fourth-order valence-electron chi connectivity index (χ4n) is 2.23. The van der Waals surface area contributed by atoms with Crippen molar-refractivity contribution in [2.45, 2.75) is 11.3 Å². The minimum absolute atomic E-state index is 0.0458. The van der Waals surface area contributed by atoms with Gasteiger partial charge in [0.25, 0.3) is 5.91 Å². The zero-order chi connectivity index (χ0) is 16.2. The molecule has 2 amide bonds. The van der Waals surface area contributed by atoms with Crippen LogP contribution in [-0.4, -0.2) is 17.6 Å². The van der Waals surface area contributed by atoms with Crippen LogP contribution < -0.4 is 10.6 Å². The summed E-state index contributed by atoms with van der Waals surface area (Å²) in [4.78, 5) is 24.9. The first-order valence-electron chi connectivity index (χ1n) is 7.04. The lowest BCUT2D eigenvalue weighted by Crippen LogP contribution is -2.14. The van der Waals surface area contributed by atoms with Crippen molar-refractivity contribution in [1.29, 1.82) is 5.26 Å². The molecule has 0 bridgehead atoms. The van der Waals surface area contributed by atoms with Gasteiger partial charge in [0.2, 0.25) is 5.91 Å². The lowest BCUT2D eigenvalue weighted by Gasteiger charge is -2.10. The highest BCUT2D eigenvalue weighted by atomic mass is 32.2. The molecule has 6 heteroatoms. The van der Waals surface area contributed by atoms with Crippen LogP contribution >= 0.6 is 11.8 Å². The summed E-state index contributed by atoms with van der Waals surface area (Å²) in [7, 11) is 0. The molecule has 3 rings (SSSR count). The van der Waals surface area contributed by atoms with E-state index in [1.807, 2.05) is 12.1 Å². The second-order valence-corrected chi connectivity index (χ2v) is 6.14. The zero-order valence-corrected chi connectivity index (χ0v) is 12.9. The fourth-order valence-corrected chi connectivity index (χ4v) is 3.17. The van der Waals surface area contributed by atoms with Crippen molar-refractivity contribution in [3.63, 3.8) is 0 Å². The zero-order valence-electron chi connectivity index (χ0n) is 12.1. The van der Waals surface area contributed by atoms with Gasteiger partial charge < -0.3 is 10.6 Å². The van der Waals surface area contributed by atoms with Crippen LogP contribution in [0.3, 0.4) is 0 Å². The van der Waals surface area contributed by atoms with E-state index in [-0.39, 0.29) is 11.8 Å². The van der Waals surface area contributed by atoms with Crippen LogP contribution in [0, 0.1) is 11.3 Å². The van der Waals surface area contributed by atoms with Crippen LogP contribution in [0.4, 0.5) is 11.4 Å². The lowest BCUT2D eigenvalue weighted by atomic mass is 10.1. The lowest BCUT2D eigenvalue weighted by molar-refractivity contribution is -0.115. The molecular weight excluding hydrogens is 310 g/mol. The number of carbonyl (C=O) groups excluding carboxylic acids is 2. The third-order valence-electron chi connectivity index (χ3n) is 3.35. The van der Waals surface area contributed by atoms with Crippen molar-refractivity contribution in [2.24, 2.45) is 0 Å². The molecule has 0 aromatic heterocycles. The summed E-state index contributed by atoms with van der Waals surface area (Å²) in [6.45, 7) is 0. The molecule has 1 heterocycles. The van der Waals surface area contributed by atoms with Crippen molar-refractivity contribution in [3.05, 3.63) is 53.6 Å². The third kappa shape index (κ3) is 3.52. The molecule has 0 saturated carbocycles. The molecule has 23 heavy (non-hydrogen) atoms. The first-order valence-corrected chi connectivity index (χ1v) is 8.02. The Bertz CT molecular complexity index is 827. The molecule has 114 valence electrons. The van der Waals surface area contributed by atoms with E-state index in [2.05, 4.69) is 10.6 Å². The second-order valence-electron chi connectivity index (χ2n) is 5.00. The molecule has 2 N–H and O–H groups in total. The largest absolute Gasteiger partial charge is 0.325 e. The van der Waals surface area contributed by atoms with E-state index in [9.17, 15) is 9.59 Å². The maximum Gasteiger partial charge on any atom is 0.255 e. The highest BCUT2D eigenvalue weighted by molar-refractivity contribution is 7.99. The number of hydrogen-bond acceptors (Lipinski definition) is 4. The van der Waals surface area contributed by atoms with Gasteiger partial charge >= 0.3 is 0 Å². The van der Waals surface area contributed by atoms with Gasteiger partial charge in [0, 0.05) is 28.3 Å². The Morgan fingerprint density at radius 3 is 2.96 bits per heavy atom.